The number of halogens is 1. The summed E-state index contributed by atoms with van der Waals surface area (Å²) in [7, 11) is 3.19. The van der Waals surface area contributed by atoms with E-state index in [1.165, 1.54) is 0 Å². The molecule has 0 saturated heterocycles. The molecule has 0 fully saturated rings. The number of hydrogen-bond acceptors (Lipinski definition) is 3. The summed E-state index contributed by atoms with van der Waals surface area (Å²) in [5.41, 5.74) is 0. The first-order valence-electron chi connectivity index (χ1n) is 3.74. The molecule has 0 spiro atoms. The van der Waals surface area contributed by atoms with Crippen molar-refractivity contribution in [2.45, 2.75) is 0 Å². The second-order valence-corrected chi connectivity index (χ2v) is 3.12. The average molecular weight is 247 g/mol. The minimum absolute atomic E-state index is 0.228. The highest BCUT2D eigenvalue weighted by Crippen LogP contribution is 2.33. The fourth-order valence-corrected chi connectivity index (χ4v) is 1.42. The Hall–Kier alpha value is -0.740. The van der Waals surface area contributed by atoms with Crippen LogP contribution in [-0.4, -0.2) is 21.0 Å². The summed E-state index contributed by atoms with van der Waals surface area (Å²) in [4.78, 5) is 0. The first-order valence-corrected chi connectivity index (χ1v) is 4.53. The molecule has 0 saturated carbocycles. The topological polar surface area (TPSA) is 27.7 Å². The Bertz CT molecular complexity index is 276. The van der Waals surface area contributed by atoms with Gasteiger partial charge in [-0.25, -0.2) is 0 Å². The van der Waals surface area contributed by atoms with Crippen molar-refractivity contribution in [3.8, 4) is 11.5 Å². The van der Waals surface area contributed by atoms with E-state index in [9.17, 15) is 0 Å². The molecule has 0 aliphatic rings. The van der Waals surface area contributed by atoms with Crippen molar-refractivity contribution in [1.82, 2.24) is 0 Å². The largest absolute Gasteiger partial charge is 0.495 e. The minimum Gasteiger partial charge on any atom is -0.495 e. The zero-order valence-corrected chi connectivity index (χ0v) is 9.13. The van der Waals surface area contributed by atoms with Crippen molar-refractivity contribution in [2.75, 3.05) is 21.0 Å². The van der Waals surface area contributed by atoms with Gasteiger partial charge in [-0.3, -0.25) is 0 Å². The third-order valence-electron chi connectivity index (χ3n) is 1.48. The second kappa shape index (κ2) is 5.09. The van der Waals surface area contributed by atoms with Crippen LogP contribution >= 0.6 is 15.9 Å². The molecule has 0 amide bonds. The molecule has 1 rings (SSSR count). The molecular formula is C9H11BrO3. The van der Waals surface area contributed by atoms with Crippen molar-refractivity contribution >= 4 is 15.9 Å². The summed E-state index contributed by atoms with van der Waals surface area (Å²) in [5.74, 6) is 1.45. The van der Waals surface area contributed by atoms with Gasteiger partial charge in [-0.2, -0.15) is 0 Å². The maximum absolute atomic E-state index is 5.28. The van der Waals surface area contributed by atoms with Crippen molar-refractivity contribution < 1.29 is 14.2 Å². The van der Waals surface area contributed by atoms with Gasteiger partial charge in [-0.15, -0.1) is 0 Å². The Morgan fingerprint density at radius 2 is 1.92 bits per heavy atom. The highest BCUT2D eigenvalue weighted by atomic mass is 79.9. The minimum atomic E-state index is 0.228. The molecule has 1 aromatic rings. The van der Waals surface area contributed by atoms with Gasteiger partial charge in [0.05, 0.1) is 7.11 Å². The molecule has 1 aromatic carbocycles. The van der Waals surface area contributed by atoms with Crippen LogP contribution in [0.3, 0.4) is 0 Å². The molecule has 0 bridgehead atoms. The lowest BCUT2D eigenvalue weighted by Gasteiger charge is -2.09. The summed E-state index contributed by atoms with van der Waals surface area (Å²) in [6.07, 6.45) is 0. The van der Waals surface area contributed by atoms with Crippen molar-refractivity contribution in [2.24, 2.45) is 0 Å². The van der Waals surface area contributed by atoms with Crippen molar-refractivity contribution in [3.05, 3.63) is 22.7 Å². The van der Waals surface area contributed by atoms with Gasteiger partial charge >= 0.3 is 0 Å². The normalized spacial score (nSPS) is 9.77. The maximum Gasteiger partial charge on any atom is 0.188 e. The number of rotatable bonds is 4. The molecule has 0 atom stereocenters. The van der Waals surface area contributed by atoms with Crippen LogP contribution in [0.5, 0.6) is 11.5 Å². The van der Waals surface area contributed by atoms with E-state index in [-0.39, 0.29) is 6.79 Å². The first kappa shape index (κ1) is 10.3. The Morgan fingerprint density at radius 1 is 1.23 bits per heavy atom. The Morgan fingerprint density at radius 3 is 2.54 bits per heavy atom. The third kappa shape index (κ3) is 2.60. The van der Waals surface area contributed by atoms with E-state index in [1.54, 1.807) is 14.2 Å². The molecular weight excluding hydrogens is 236 g/mol. The van der Waals surface area contributed by atoms with Gasteiger partial charge in [-0.05, 0) is 28.1 Å². The number of ether oxygens (including phenoxy) is 3. The SMILES string of the molecule is COCOc1cccc(OC)c1Br. The van der Waals surface area contributed by atoms with Crippen LogP contribution in [0.25, 0.3) is 0 Å². The Balaban J connectivity index is 2.81. The van der Waals surface area contributed by atoms with Crippen LogP contribution in [0.2, 0.25) is 0 Å². The summed E-state index contributed by atoms with van der Waals surface area (Å²) in [5, 5.41) is 0. The predicted octanol–water partition coefficient (Wildman–Crippen LogP) is 2.44. The number of benzene rings is 1. The van der Waals surface area contributed by atoms with E-state index >= 15 is 0 Å². The van der Waals surface area contributed by atoms with Gasteiger partial charge < -0.3 is 14.2 Å². The highest BCUT2D eigenvalue weighted by molar-refractivity contribution is 9.10. The zero-order valence-electron chi connectivity index (χ0n) is 7.54. The fraction of sp³-hybridized carbons (Fsp3) is 0.333. The smallest absolute Gasteiger partial charge is 0.188 e. The van der Waals surface area contributed by atoms with Crippen LogP contribution in [0.15, 0.2) is 22.7 Å². The van der Waals surface area contributed by atoms with E-state index in [0.29, 0.717) is 5.75 Å². The molecule has 0 N–H and O–H groups in total. The van der Waals surface area contributed by atoms with E-state index in [0.717, 1.165) is 10.2 Å². The molecule has 0 aliphatic carbocycles. The van der Waals surface area contributed by atoms with Gasteiger partial charge in [0.15, 0.2) is 6.79 Å². The molecule has 0 unspecified atom stereocenters. The Kier molecular flexibility index (Phi) is 4.05. The molecule has 0 aliphatic heterocycles. The quantitative estimate of drug-likeness (QED) is 0.765. The predicted molar refractivity (Wildman–Crippen MR) is 53.2 cm³/mol. The lowest BCUT2D eigenvalue weighted by atomic mass is 10.3. The Labute approximate surface area is 85.7 Å². The van der Waals surface area contributed by atoms with Crippen LogP contribution < -0.4 is 9.47 Å². The van der Waals surface area contributed by atoms with Gasteiger partial charge in [0.2, 0.25) is 0 Å². The molecule has 0 radical (unpaired) electrons. The van der Waals surface area contributed by atoms with Gasteiger partial charge in [-0.1, -0.05) is 6.07 Å². The zero-order chi connectivity index (χ0) is 9.68. The molecule has 72 valence electrons. The molecule has 4 heteroatoms. The van der Waals surface area contributed by atoms with E-state index in [2.05, 4.69) is 15.9 Å². The summed E-state index contributed by atoms with van der Waals surface area (Å²) in [6, 6.07) is 5.55. The van der Waals surface area contributed by atoms with Crippen molar-refractivity contribution in [1.29, 1.82) is 0 Å². The lowest BCUT2D eigenvalue weighted by molar-refractivity contribution is 0.0504. The van der Waals surface area contributed by atoms with Gasteiger partial charge in [0.1, 0.15) is 16.0 Å². The molecule has 0 heterocycles. The summed E-state index contributed by atoms with van der Waals surface area (Å²) >= 11 is 3.37. The molecule has 0 aromatic heterocycles. The standard InChI is InChI=1S/C9H11BrO3/c1-11-6-13-8-5-3-4-7(12-2)9(8)10/h3-5H,6H2,1-2H3. The number of hydrogen-bond donors (Lipinski definition) is 0. The van der Waals surface area contributed by atoms with Gasteiger partial charge in [0, 0.05) is 7.11 Å². The van der Waals surface area contributed by atoms with Crippen LogP contribution in [-0.2, 0) is 4.74 Å². The molecule has 3 nitrogen and oxygen atoms in total. The van der Waals surface area contributed by atoms with Crippen molar-refractivity contribution in [3.63, 3.8) is 0 Å². The van der Waals surface area contributed by atoms with Gasteiger partial charge in [0.25, 0.3) is 0 Å². The average Bonchev–Trinajstić information content (AvgIpc) is 2.16. The second-order valence-electron chi connectivity index (χ2n) is 2.32. The van der Waals surface area contributed by atoms with E-state index in [1.807, 2.05) is 18.2 Å². The summed E-state index contributed by atoms with van der Waals surface area (Å²) < 4.78 is 16.0. The highest BCUT2D eigenvalue weighted by Gasteiger charge is 2.05. The first-order chi connectivity index (χ1) is 6.29. The van der Waals surface area contributed by atoms with E-state index in [4.69, 9.17) is 14.2 Å². The molecule has 13 heavy (non-hydrogen) atoms. The third-order valence-corrected chi connectivity index (χ3v) is 2.26. The van der Waals surface area contributed by atoms with E-state index < -0.39 is 0 Å². The van der Waals surface area contributed by atoms with Crippen LogP contribution in [0.1, 0.15) is 0 Å². The monoisotopic (exact) mass is 246 g/mol. The van der Waals surface area contributed by atoms with Crippen LogP contribution in [0.4, 0.5) is 0 Å². The fourth-order valence-electron chi connectivity index (χ4n) is 0.882. The van der Waals surface area contributed by atoms with Crippen LogP contribution in [0, 0.1) is 0 Å². The number of methoxy groups -OCH3 is 2. The maximum atomic E-state index is 5.28. The lowest BCUT2D eigenvalue weighted by Crippen LogP contribution is -1.99. The summed E-state index contributed by atoms with van der Waals surface area (Å²) in [6.45, 7) is 0.228.